The van der Waals surface area contributed by atoms with Crippen LogP contribution < -0.4 is 15.1 Å². The number of carbonyl (C=O) groups excluding carboxylic acids is 1. The third-order valence-electron chi connectivity index (χ3n) is 5.38. The maximum Gasteiger partial charge on any atom is 0.249 e. The van der Waals surface area contributed by atoms with Crippen LogP contribution in [0.1, 0.15) is 31.4 Å². The van der Waals surface area contributed by atoms with Gasteiger partial charge in [-0.1, -0.05) is 0 Å². The Bertz CT molecular complexity index is 638. The van der Waals surface area contributed by atoms with Gasteiger partial charge in [0.2, 0.25) is 11.9 Å². The van der Waals surface area contributed by atoms with Crippen LogP contribution in [-0.4, -0.2) is 74.5 Å². The zero-order valence-corrected chi connectivity index (χ0v) is 15.9. The number of carbonyl (C=O) groups is 1. The lowest BCUT2D eigenvalue weighted by Crippen LogP contribution is -2.37. The van der Waals surface area contributed by atoms with Crippen molar-refractivity contribution in [3.63, 3.8) is 0 Å². The Labute approximate surface area is 160 Å². The summed E-state index contributed by atoms with van der Waals surface area (Å²) in [6, 6.07) is 2.06. The number of morpholine rings is 1. The Morgan fingerprint density at radius 1 is 1.07 bits per heavy atom. The monoisotopic (exact) mass is 375 g/mol. The van der Waals surface area contributed by atoms with Crippen LogP contribution in [0.15, 0.2) is 6.07 Å². The van der Waals surface area contributed by atoms with Gasteiger partial charge in [0.25, 0.3) is 0 Å². The van der Waals surface area contributed by atoms with Crippen molar-refractivity contribution < 1.29 is 14.3 Å². The number of amides is 1. The molecule has 1 aromatic heterocycles. The lowest BCUT2D eigenvalue weighted by molar-refractivity contribution is -0.129. The predicted molar refractivity (Wildman–Crippen MR) is 102 cm³/mol. The van der Waals surface area contributed by atoms with Crippen molar-refractivity contribution in [1.29, 1.82) is 0 Å². The van der Waals surface area contributed by atoms with E-state index in [4.69, 9.17) is 19.4 Å². The quantitative estimate of drug-likeness (QED) is 0.786. The van der Waals surface area contributed by atoms with Crippen LogP contribution in [0.25, 0.3) is 0 Å². The average molecular weight is 375 g/mol. The van der Waals surface area contributed by atoms with Gasteiger partial charge >= 0.3 is 0 Å². The Morgan fingerprint density at radius 2 is 1.89 bits per heavy atom. The average Bonchev–Trinajstić information content (AvgIpc) is 3.42. The second-order valence-corrected chi connectivity index (χ2v) is 7.35. The molecule has 1 atom stereocenters. The number of hydrogen-bond donors (Lipinski definition) is 1. The predicted octanol–water partition coefficient (Wildman–Crippen LogP) is 0.751. The fraction of sp³-hybridized carbons (Fsp3) is 0.737. The van der Waals surface area contributed by atoms with Gasteiger partial charge in [0, 0.05) is 57.5 Å². The molecule has 3 saturated heterocycles. The van der Waals surface area contributed by atoms with Crippen molar-refractivity contribution in [2.24, 2.45) is 0 Å². The summed E-state index contributed by atoms with van der Waals surface area (Å²) < 4.78 is 10.9. The first-order chi connectivity index (χ1) is 13.3. The summed E-state index contributed by atoms with van der Waals surface area (Å²) in [6.45, 7) is 6.45. The van der Waals surface area contributed by atoms with Crippen LogP contribution in [-0.2, 0) is 20.7 Å². The summed E-state index contributed by atoms with van der Waals surface area (Å²) in [4.78, 5) is 26.3. The number of rotatable bonds is 6. The SMILES string of the molecule is O=C(NCCc1cc(N2CCOCC2)nc(N2CCCC2)n1)[C@H]1CCCO1. The molecular formula is C19H29N5O3. The Kier molecular flexibility index (Phi) is 6.03. The summed E-state index contributed by atoms with van der Waals surface area (Å²) in [5.74, 6) is 1.78. The molecule has 1 aromatic rings. The van der Waals surface area contributed by atoms with E-state index in [9.17, 15) is 4.79 Å². The van der Waals surface area contributed by atoms with Crippen LogP contribution in [0, 0.1) is 0 Å². The number of nitrogens with one attached hydrogen (secondary N) is 1. The van der Waals surface area contributed by atoms with E-state index in [0.717, 1.165) is 69.7 Å². The molecule has 8 heteroatoms. The van der Waals surface area contributed by atoms with Crippen molar-refractivity contribution in [1.82, 2.24) is 15.3 Å². The second-order valence-electron chi connectivity index (χ2n) is 7.35. The van der Waals surface area contributed by atoms with E-state index in [2.05, 4.69) is 21.2 Å². The first kappa shape index (κ1) is 18.4. The lowest BCUT2D eigenvalue weighted by atomic mass is 10.2. The van der Waals surface area contributed by atoms with E-state index in [1.807, 2.05) is 0 Å². The van der Waals surface area contributed by atoms with Gasteiger partial charge < -0.3 is 24.6 Å². The molecule has 148 valence electrons. The molecule has 4 rings (SSSR count). The van der Waals surface area contributed by atoms with Crippen LogP contribution in [0.4, 0.5) is 11.8 Å². The molecule has 0 saturated carbocycles. The second kappa shape index (κ2) is 8.84. The normalized spacial score (nSPS) is 23.0. The van der Waals surface area contributed by atoms with E-state index in [1.54, 1.807) is 0 Å². The molecule has 0 aromatic carbocycles. The minimum absolute atomic E-state index is 0.00488. The highest BCUT2D eigenvalue weighted by molar-refractivity contribution is 5.80. The molecule has 0 radical (unpaired) electrons. The molecule has 0 aliphatic carbocycles. The van der Waals surface area contributed by atoms with Crippen molar-refractivity contribution in [3.05, 3.63) is 11.8 Å². The van der Waals surface area contributed by atoms with Gasteiger partial charge in [0.1, 0.15) is 11.9 Å². The van der Waals surface area contributed by atoms with Gasteiger partial charge in [-0.2, -0.15) is 4.98 Å². The molecule has 4 heterocycles. The van der Waals surface area contributed by atoms with Gasteiger partial charge in [-0.3, -0.25) is 4.79 Å². The van der Waals surface area contributed by atoms with Crippen molar-refractivity contribution in [2.75, 3.05) is 62.3 Å². The minimum Gasteiger partial charge on any atom is -0.378 e. The van der Waals surface area contributed by atoms with Gasteiger partial charge in [0.05, 0.1) is 13.2 Å². The Morgan fingerprint density at radius 3 is 2.63 bits per heavy atom. The molecule has 3 fully saturated rings. The number of ether oxygens (including phenoxy) is 2. The van der Waals surface area contributed by atoms with E-state index in [-0.39, 0.29) is 12.0 Å². The highest BCUT2D eigenvalue weighted by Gasteiger charge is 2.23. The minimum atomic E-state index is -0.278. The van der Waals surface area contributed by atoms with Gasteiger partial charge in [-0.25, -0.2) is 4.98 Å². The molecule has 1 amide bonds. The van der Waals surface area contributed by atoms with Crippen molar-refractivity contribution >= 4 is 17.7 Å². The fourth-order valence-corrected chi connectivity index (χ4v) is 3.82. The number of nitrogens with zero attached hydrogens (tertiary/aromatic N) is 4. The van der Waals surface area contributed by atoms with E-state index >= 15 is 0 Å². The summed E-state index contributed by atoms with van der Waals surface area (Å²) in [5, 5.41) is 2.99. The zero-order chi connectivity index (χ0) is 18.5. The number of anilines is 2. The number of hydrogen-bond acceptors (Lipinski definition) is 7. The number of aromatic nitrogens is 2. The standard InChI is InChI=1S/C19H29N5O3/c25-18(16-4-3-11-27-16)20-6-5-15-14-17(23-9-12-26-13-10-23)22-19(21-15)24-7-1-2-8-24/h14,16H,1-13H2,(H,20,25)/t16-/m1/s1. The third-order valence-corrected chi connectivity index (χ3v) is 5.38. The molecule has 1 N–H and O–H groups in total. The lowest BCUT2D eigenvalue weighted by Gasteiger charge is -2.29. The van der Waals surface area contributed by atoms with Crippen LogP contribution in [0.2, 0.25) is 0 Å². The van der Waals surface area contributed by atoms with Crippen LogP contribution in [0.3, 0.4) is 0 Å². The largest absolute Gasteiger partial charge is 0.378 e. The first-order valence-electron chi connectivity index (χ1n) is 10.1. The van der Waals surface area contributed by atoms with Crippen LogP contribution in [0.5, 0.6) is 0 Å². The third kappa shape index (κ3) is 4.68. The summed E-state index contributed by atoms with van der Waals surface area (Å²) in [6.07, 6.45) is 4.58. The van der Waals surface area contributed by atoms with Crippen molar-refractivity contribution in [2.45, 2.75) is 38.2 Å². The van der Waals surface area contributed by atoms with Gasteiger partial charge in [0.15, 0.2) is 0 Å². The van der Waals surface area contributed by atoms with Crippen LogP contribution >= 0.6 is 0 Å². The smallest absolute Gasteiger partial charge is 0.249 e. The molecule has 3 aliphatic rings. The molecule has 0 spiro atoms. The van der Waals surface area contributed by atoms with E-state index < -0.39 is 0 Å². The molecule has 3 aliphatic heterocycles. The van der Waals surface area contributed by atoms with Gasteiger partial charge in [-0.05, 0) is 25.7 Å². The fourth-order valence-electron chi connectivity index (χ4n) is 3.82. The summed E-state index contributed by atoms with van der Waals surface area (Å²) >= 11 is 0. The molecule has 0 bridgehead atoms. The van der Waals surface area contributed by atoms with E-state index in [1.165, 1.54) is 12.8 Å². The Balaban J connectivity index is 1.43. The Hall–Kier alpha value is -1.93. The van der Waals surface area contributed by atoms with E-state index in [0.29, 0.717) is 19.6 Å². The molecule has 0 unspecified atom stereocenters. The maximum absolute atomic E-state index is 12.1. The zero-order valence-electron chi connectivity index (χ0n) is 15.9. The molecule has 8 nitrogen and oxygen atoms in total. The topological polar surface area (TPSA) is 79.8 Å². The molecular weight excluding hydrogens is 346 g/mol. The van der Waals surface area contributed by atoms with Gasteiger partial charge in [-0.15, -0.1) is 0 Å². The van der Waals surface area contributed by atoms with Crippen molar-refractivity contribution in [3.8, 4) is 0 Å². The highest BCUT2D eigenvalue weighted by Crippen LogP contribution is 2.22. The highest BCUT2D eigenvalue weighted by atomic mass is 16.5. The maximum atomic E-state index is 12.1. The summed E-state index contributed by atoms with van der Waals surface area (Å²) in [5.41, 5.74) is 0.973. The summed E-state index contributed by atoms with van der Waals surface area (Å²) in [7, 11) is 0. The molecule has 27 heavy (non-hydrogen) atoms. The first-order valence-corrected chi connectivity index (χ1v) is 10.1.